The lowest BCUT2D eigenvalue weighted by atomic mass is 10.2. The van der Waals surface area contributed by atoms with Crippen LogP contribution in [0.3, 0.4) is 0 Å². The fraction of sp³-hybridized carbons (Fsp3) is 0.714. The maximum Gasteiger partial charge on any atom is 0.284 e. The van der Waals surface area contributed by atoms with E-state index in [9.17, 15) is 8.78 Å². The summed E-state index contributed by atoms with van der Waals surface area (Å²) < 4.78 is 35.4. The van der Waals surface area contributed by atoms with Crippen molar-refractivity contribution in [1.82, 2.24) is 10.2 Å². The molecule has 2 rings (SSSR count). The SMILES string of the molecule is CCN1CCOC(CNCc2ccc(CSC(F)F)o2)C1. The van der Waals surface area contributed by atoms with Crippen LogP contribution >= 0.6 is 11.8 Å². The van der Waals surface area contributed by atoms with Crippen molar-refractivity contribution in [2.45, 2.75) is 31.1 Å². The van der Waals surface area contributed by atoms with E-state index in [1.807, 2.05) is 6.07 Å². The van der Waals surface area contributed by atoms with Crippen molar-refractivity contribution in [3.05, 3.63) is 23.7 Å². The number of alkyl halides is 2. The smallest absolute Gasteiger partial charge is 0.284 e. The predicted molar refractivity (Wildman–Crippen MR) is 79.6 cm³/mol. The molecule has 2 heterocycles. The van der Waals surface area contributed by atoms with Crippen LogP contribution in [-0.4, -0.2) is 49.5 Å². The maximum atomic E-state index is 12.1. The number of furan rings is 1. The lowest BCUT2D eigenvalue weighted by molar-refractivity contribution is -0.0255. The summed E-state index contributed by atoms with van der Waals surface area (Å²) >= 11 is 0.574. The van der Waals surface area contributed by atoms with E-state index in [0.29, 0.717) is 24.1 Å². The van der Waals surface area contributed by atoms with Gasteiger partial charge in [-0.25, -0.2) is 0 Å². The van der Waals surface area contributed by atoms with Crippen molar-refractivity contribution in [3.8, 4) is 0 Å². The highest BCUT2D eigenvalue weighted by Crippen LogP contribution is 2.21. The Morgan fingerprint density at radius 3 is 3.00 bits per heavy atom. The number of hydrogen-bond acceptors (Lipinski definition) is 5. The third-order valence-electron chi connectivity index (χ3n) is 3.41. The highest BCUT2D eigenvalue weighted by atomic mass is 32.2. The molecular weight excluding hydrogens is 298 g/mol. The average Bonchev–Trinajstić information content (AvgIpc) is 2.93. The molecule has 0 aliphatic carbocycles. The molecule has 0 aromatic carbocycles. The van der Waals surface area contributed by atoms with Gasteiger partial charge in [0.25, 0.3) is 5.76 Å². The highest BCUT2D eigenvalue weighted by Gasteiger charge is 2.18. The molecule has 0 amide bonds. The van der Waals surface area contributed by atoms with Crippen LogP contribution < -0.4 is 5.32 Å². The van der Waals surface area contributed by atoms with Crippen LogP contribution in [0.15, 0.2) is 16.5 Å². The third kappa shape index (κ3) is 5.94. The first-order chi connectivity index (χ1) is 10.2. The summed E-state index contributed by atoms with van der Waals surface area (Å²) in [4.78, 5) is 2.36. The molecule has 4 nitrogen and oxygen atoms in total. The van der Waals surface area contributed by atoms with Gasteiger partial charge < -0.3 is 14.5 Å². The van der Waals surface area contributed by atoms with Gasteiger partial charge in [-0.1, -0.05) is 18.7 Å². The van der Waals surface area contributed by atoms with Gasteiger partial charge in [0.05, 0.1) is 25.0 Å². The Morgan fingerprint density at radius 1 is 1.43 bits per heavy atom. The van der Waals surface area contributed by atoms with Crippen molar-refractivity contribution in [1.29, 1.82) is 0 Å². The molecule has 0 saturated carbocycles. The predicted octanol–water partition coefficient (Wildman–Crippen LogP) is 2.55. The van der Waals surface area contributed by atoms with Gasteiger partial charge in [-0.05, 0) is 18.7 Å². The van der Waals surface area contributed by atoms with Gasteiger partial charge in [0.2, 0.25) is 0 Å². The monoisotopic (exact) mass is 320 g/mol. The number of nitrogens with zero attached hydrogens (tertiary/aromatic N) is 1. The standard InChI is InChI=1S/C14H22F2N2O2S/c1-2-18-5-6-19-13(9-18)8-17-7-11-3-4-12(20-11)10-21-14(15)16/h3-4,13-14,17H,2,5-10H2,1H3. The van der Waals surface area contributed by atoms with Crippen LogP contribution in [0.5, 0.6) is 0 Å². The second kappa shape index (κ2) is 8.73. The molecule has 1 atom stereocenters. The molecular formula is C14H22F2N2O2S. The zero-order chi connectivity index (χ0) is 15.1. The Balaban J connectivity index is 1.66. The zero-order valence-electron chi connectivity index (χ0n) is 12.2. The lowest BCUT2D eigenvalue weighted by Gasteiger charge is -2.32. The van der Waals surface area contributed by atoms with Crippen LogP contribution in [0.25, 0.3) is 0 Å². The fourth-order valence-electron chi connectivity index (χ4n) is 2.29. The number of likely N-dealkylation sites (N-methyl/N-ethyl adjacent to an activating group) is 1. The summed E-state index contributed by atoms with van der Waals surface area (Å²) in [6, 6.07) is 3.58. The average molecular weight is 320 g/mol. The minimum absolute atomic E-state index is 0.197. The van der Waals surface area contributed by atoms with E-state index in [1.54, 1.807) is 6.07 Å². The van der Waals surface area contributed by atoms with E-state index in [4.69, 9.17) is 9.15 Å². The van der Waals surface area contributed by atoms with Gasteiger partial charge in [-0.2, -0.15) is 8.78 Å². The van der Waals surface area contributed by atoms with E-state index in [-0.39, 0.29) is 11.9 Å². The first kappa shape index (κ1) is 16.7. The van der Waals surface area contributed by atoms with Gasteiger partial charge in [0.15, 0.2) is 0 Å². The summed E-state index contributed by atoms with van der Waals surface area (Å²) in [5.41, 5.74) is 0. The molecule has 1 aliphatic heterocycles. The van der Waals surface area contributed by atoms with E-state index < -0.39 is 5.76 Å². The summed E-state index contributed by atoms with van der Waals surface area (Å²) in [7, 11) is 0. The van der Waals surface area contributed by atoms with E-state index >= 15 is 0 Å². The summed E-state index contributed by atoms with van der Waals surface area (Å²) in [5.74, 6) is -0.803. The third-order valence-corrected chi connectivity index (χ3v) is 4.11. The minimum atomic E-state index is -2.36. The van der Waals surface area contributed by atoms with Crippen LogP contribution in [0.1, 0.15) is 18.4 Å². The van der Waals surface area contributed by atoms with Gasteiger partial charge in [-0.15, -0.1) is 0 Å². The van der Waals surface area contributed by atoms with E-state index in [2.05, 4.69) is 17.1 Å². The lowest BCUT2D eigenvalue weighted by Crippen LogP contribution is -2.46. The van der Waals surface area contributed by atoms with Crippen molar-refractivity contribution in [2.75, 3.05) is 32.8 Å². The van der Waals surface area contributed by atoms with Crippen molar-refractivity contribution >= 4 is 11.8 Å². The van der Waals surface area contributed by atoms with Crippen LogP contribution in [-0.2, 0) is 17.0 Å². The molecule has 1 fully saturated rings. The Labute approximate surface area is 128 Å². The number of nitrogens with one attached hydrogen (secondary N) is 1. The highest BCUT2D eigenvalue weighted by molar-refractivity contribution is 7.98. The van der Waals surface area contributed by atoms with Crippen molar-refractivity contribution < 1.29 is 17.9 Å². The van der Waals surface area contributed by atoms with Gasteiger partial charge in [0.1, 0.15) is 11.5 Å². The quantitative estimate of drug-likeness (QED) is 0.797. The second-order valence-electron chi connectivity index (χ2n) is 4.96. The first-order valence-electron chi connectivity index (χ1n) is 7.19. The first-order valence-corrected chi connectivity index (χ1v) is 8.24. The molecule has 1 aromatic rings. The fourth-order valence-corrected chi connectivity index (χ4v) is 2.73. The Hall–Kier alpha value is -0.630. The zero-order valence-corrected chi connectivity index (χ0v) is 13.0. The number of rotatable bonds is 8. The molecule has 0 spiro atoms. The molecule has 0 radical (unpaired) electrons. The number of thioether (sulfide) groups is 1. The number of hydrogen-bond donors (Lipinski definition) is 1. The molecule has 120 valence electrons. The van der Waals surface area contributed by atoms with Gasteiger partial charge >= 0.3 is 0 Å². The van der Waals surface area contributed by atoms with Crippen molar-refractivity contribution in [2.24, 2.45) is 0 Å². The largest absolute Gasteiger partial charge is 0.464 e. The summed E-state index contributed by atoms with van der Waals surface area (Å²) in [5, 5.41) is 3.29. The Kier molecular flexibility index (Phi) is 6.95. The minimum Gasteiger partial charge on any atom is -0.464 e. The number of halogens is 2. The Bertz CT molecular complexity index is 417. The molecule has 7 heteroatoms. The number of morpholine rings is 1. The van der Waals surface area contributed by atoms with Gasteiger partial charge in [0, 0.05) is 19.6 Å². The van der Waals surface area contributed by atoms with Crippen LogP contribution in [0, 0.1) is 0 Å². The molecule has 0 bridgehead atoms. The van der Waals surface area contributed by atoms with Crippen LogP contribution in [0.4, 0.5) is 8.78 Å². The van der Waals surface area contributed by atoms with Crippen molar-refractivity contribution in [3.63, 3.8) is 0 Å². The molecule has 1 unspecified atom stereocenters. The van der Waals surface area contributed by atoms with Crippen LogP contribution in [0.2, 0.25) is 0 Å². The number of ether oxygens (including phenoxy) is 1. The van der Waals surface area contributed by atoms with E-state index in [0.717, 1.165) is 38.5 Å². The maximum absolute atomic E-state index is 12.1. The molecule has 1 aliphatic rings. The molecule has 1 aromatic heterocycles. The van der Waals surface area contributed by atoms with E-state index in [1.165, 1.54) is 0 Å². The molecule has 1 saturated heterocycles. The normalized spacial score (nSPS) is 20.3. The molecule has 21 heavy (non-hydrogen) atoms. The summed E-state index contributed by atoms with van der Waals surface area (Å²) in [6.45, 7) is 7.26. The topological polar surface area (TPSA) is 37.6 Å². The second-order valence-corrected chi connectivity index (χ2v) is 5.93. The summed E-state index contributed by atoms with van der Waals surface area (Å²) in [6.07, 6.45) is 0.197. The molecule has 1 N–H and O–H groups in total. The Morgan fingerprint density at radius 2 is 2.24 bits per heavy atom. The van der Waals surface area contributed by atoms with Gasteiger partial charge in [-0.3, -0.25) is 4.90 Å².